The van der Waals surface area contributed by atoms with Crippen molar-refractivity contribution >= 4 is 28.8 Å². The van der Waals surface area contributed by atoms with Crippen LogP contribution in [0, 0.1) is 5.82 Å². The average Bonchev–Trinajstić information content (AvgIpc) is 2.85. The first-order chi connectivity index (χ1) is 9.60. The molecule has 0 atom stereocenters. The topological polar surface area (TPSA) is 70.6 Å². The lowest BCUT2D eigenvalue weighted by Crippen LogP contribution is -2.20. The van der Waals surface area contributed by atoms with Gasteiger partial charge in [-0.2, -0.15) is 0 Å². The Morgan fingerprint density at radius 3 is 2.80 bits per heavy atom. The number of nitrogens with one attached hydrogen (secondary N) is 1. The predicted octanol–water partition coefficient (Wildman–Crippen LogP) is 2.92. The number of oxime groups is 1. The highest BCUT2D eigenvalue weighted by molar-refractivity contribution is 7.16. The molecule has 7 heteroatoms. The van der Waals surface area contributed by atoms with E-state index in [1.54, 1.807) is 6.07 Å². The van der Waals surface area contributed by atoms with Crippen molar-refractivity contribution in [3.8, 4) is 0 Å². The number of nitrogens with zero attached hydrogens (tertiary/aromatic N) is 1. The lowest BCUT2D eigenvalue weighted by Gasteiger charge is -2.09. The molecule has 1 heterocycles. The molecule has 0 aliphatic rings. The van der Waals surface area contributed by atoms with Gasteiger partial charge in [-0.3, -0.25) is 0 Å². The van der Waals surface area contributed by atoms with Crippen LogP contribution in [0.3, 0.4) is 0 Å². The van der Waals surface area contributed by atoms with Gasteiger partial charge in [0, 0.05) is 23.5 Å². The van der Waals surface area contributed by atoms with Crippen molar-refractivity contribution in [1.82, 2.24) is 5.32 Å². The van der Waals surface area contributed by atoms with Gasteiger partial charge in [0.2, 0.25) is 0 Å². The van der Waals surface area contributed by atoms with Gasteiger partial charge in [0.1, 0.15) is 5.82 Å². The van der Waals surface area contributed by atoms with E-state index >= 15 is 0 Å². The molecular formula is C13H13ClFN3OS. The highest BCUT2D eigenvalue weighted by Gasteiger charge is 2.08. The lowest BCUT2D eigenvalue weighted by atomic mass is 10.1. The second kappa shape index (κ2) is 6.69. The summed E-state index contributed by atoms with van der Waals surface area (Å²) in [6, 6.07) is 7.97. The molecule has 0 aliphatic heterocycles. The second-order valence-corrected chi connectivity index (χ2v) is 5.90. The van der Waals surface area contributed by atoms with Gasteiger partial charge in [-0.25, -0.2) is 4.39 Å². The molecule has 0 saturated heterocycles. The molecule has 20 heavy (non-hydrogen) atoms. The molecule has 0 bridgehead atoms. The third-order valence-corrected chi connectivity index (χ3v) is 3.93. The van der Waals surface area contributed by atoms with Gasteiger partial charge in [0.15, 0.2) is 5.84 Å². The van der Waals surface area contributed by atoms with Crippen molar-refractivity contribution in [1.29, 1.82) is 0 Å². The summed E-state index contributed by atoms with van der Waals surface area (Å²) in [5, 5.41) is 14.8. The molecule has 1 aromatic heterocycles. The predicted molar refractivity (Wildman–Crippen MR) is 78.8 cm³/mol. The van der Waals surface area contributed by atoms with Crippen LogP contribution in [-0.2, 0) is 13.1 Å². The first kappa shape index (κ1) is 14.8. The highest BCUT2D eigenvalue weighted by atomic mass is 35.5. The minimum Gasteiger partial charge on any atom is -0.409 e. The fourth-order valence-electron chi connectivity index (χ4n) is 1.76. The van der Waals surface area contributed by atoms with Crippen LogP contribution in [-0.4, -0.2) is 11.0 Å². The van der Waals surface area contributed by atoms with E-state index in [0.29, 0.717) is 18.7 Å². The van der Waals surface area contributed by atoms with Crippen molar-refractivity contribution < 1.29 is 9.60 Å². The van der Waals surface area contributed by atoms with Gasteiger partial charge in [-0.1, -0.05) is 22.8 Å². The van der Waals surface area contributed by atoms with Crippen LogP contribution in [0.4, 0.5) is 4.39 Å². The number of rotatable bonds is 5. The van der Waals surface area contributed by atoms with Crippen LogP contribution < -0.4 is 11.1 Å². The fraction of sp³-hybridized carbons (Fsp3) is 0.154. The van der Waals surface area contributed by atoms with Gasteiger partial charge in [-0.05, 0) is 29.8 Å². The van der Waals surface area contributed by atoms with E-state index in [4.69, 9.17) is 22.5 Å². The Balaban J connectivity index is 2.05. The van der Waals surface area contributed by atoms with E-state index < -0.39 is 5.82 Å². The summed E-state index contributed by atoms with van der Waals surface area (Å²) in [7, 11) is 0. The van der Waals surface area contributed by atoms with E-state index in [9.17, 15) is 4.39 Å². The smallest absolute Gasteiger partial charge is 0.170 e. The summed E-state index contributed by atoms with van der Waals surface area (Å²) >= 11 is 7.34. The molecule has 0 amide bonds. The van der Waals surface area contributed by atoms with Gasteiger partial charge in [0.05, 0.1) is 4.34 Å². The van der Waals surface area contributed by atoms with Crippen molar-refractivity contribution in [2.24, 2.45) is 10.9 Å². The van der Waals surface area contributed by atoms with E-state index in [1.807, 2.05) is 12.1 Å². The maximum Gasteiger partial charge on any atom is 0.170 e. The molecule has 106 valence electrons. The number of halogens is 2. The first-order valence-corrected chi connectivity index (χ1v) is 7.01. The van der Waals surface area contributed by atoms with Crippen LogP contribution >= 0.6 is 22.9 Å². The van der Waals surface area contributed by atoms with E-state index in [-0.39, 0.29) is 5.84 Å². The zero-order valence-electron chi connectivity index (χ0n) is 10.4. The Bertz CT molecular complexity index is 630. The summed E-state index contributed by atoms with van der Waals surface area (Å²) in [5.74, 6) is -0.541. The van der Waals surface area contributed by atoms with E-state index in [2.05, 4.69) is 10.5 Å². The molecule has 1 aromatic carbocycles. The maximum absolute atomic E-state index is 13.2. The van der Waals surface area contributed by atoms with Gasteiger partial charge in [0.25, 0.3) is 0 Å². The lowest BCUT2D eigenvalue weighted by molar-refractivity contribution is 0.318. The number of thiophene rings is 1. The third kappa shape index (κ3) is 3.69. The van der Waals surface area contributed by atoms with Gasteiger partial charge >= 0.3 is 0 Å². The minimum atomic E-state index is -0.430. The summed E-state index contributed by atoms with van der Waals surface area (Å²) in [5.41, 5.74) is 6.67. The third-order valence-electron chi connectivity index (χ3n) is 2.70. The molecule has 2 aromatic rings. The van der Waals surface area contributed by atoms with Gasteiger partial charge < -0.3 is 16.3 Å². The number of nitrogens with two attached hydrogens (primary N) is 1. The average molecular weight is 314 g/mol. The molecule has 0 radical (unpaired) electrons. The SMILES string of the molecule is NC(=NO)c1cc(F)ccc1CNCc1ccc(Cl)s1. The number of benzene rings is 1. The monoisotopic (exact) mass is 313 g/mol. The Morgan fingerprint density at radius 1 is 1.35 bits per heavy atom. The molecule has 2 rings (SSSR count). The number of hydrogen-bond donors (Lipinski definition) is 3. The van der Waals surface area contributed by atoms with Crippen LogP contribution in [0.25, 0.3) is 0 Å². The highest BCUT2D eigenvalue weighted by Crippen LogP contribution is 2.21. The van der Waals surface area contributed by atoms with Crippen molar-refractivity contribution in [3.63, 3.8) is 0 Å². The molecule has 0 spiro atoms. The largest absolute Gasteiger partial charge is 0.409 e. The molecular weight excluding hydrogens is 301 g/mol. The fourth-order valence-corrected chi connectivity index (χ4v) is 2.82. The van der Waals surface area contributed by atoms with Gasteiger partial charge in [-0.15, -0.1) is 11.3 Å². The number of amidine groups is 1. The number of hydrogen-bond acceptors (Lipinski definition) is 4. The van der Waals surface area contributed by atoms with Crippen LogP contribution in [0.15, 0.2) is 35.5 Å². The summed E-state index contributed by atoms with van der Waals surface area (Å²) in [6.45, 7) is 1.12. The molecule has 0 aliphatic carbocycles. The van der Waals surface area contributed by atoms with Crippen molar-refractivity contribution in [3.05, 3.63) is 56.5 Å². The summed E-state index contributed by atoms with van der Waals surface area (Å²) < 4.78 is 13.9. The maximum atomic E-state index is 13.2. The van der Waals surface area contributed by atoms with Crippen LogP contribution in [0.5, 0.6) is 0 Å². The Hall–Kier alpha value is -1.63. The minimum absolute atomic E-state index is 0.111. The quantitative estimate of drug-likeness (QED) is 0.344. The van der Waals surface area contributed by atoms with Crippen molar-refractivity contribution in [2.75, 3.05) is 0 Å². The molecule has 4 nitrogen and oxygen atoms in total. The van der Waals surface area contributed by atoms with Crippen LogP contribution in [0.2, 0.25) is 4.34 Å². The normalized spacial score (nSPS) is 11.8. The zero-order valence-corrected chi connectivity index (χ0v) is 12.0. The Kier molecular flexibility index (Phi) is 4.94. The first-order valence-electron chi connectivity index (χ1n) is 5.81. The van der Waals surface area contributed by atoms with Crippen molar-refractivity contribution in [2.45, 2.75) is 13.1 Å². The molecule has 0 unspecified atom stereocenters. The standard InChI is InChI=1S/C13H13ClFN3OS/c14-12-4-3-10(20-12)7-17-6-8-1-2-9(15)5-11(8)13(16)18-19/h1-5,17,19H,6-7H2,(H2,16,18). The Morgan fingerprint density at radius 2 is 2.15 bits per heavy atom. The molecule has 0 fully saturated rings. The van der Waals surface area contributed by atoms with E-state index in [1.165, 1.54) is 23.5 Å². The summed E-state index contributed by atoms with van der Waals surface area (Å²) in [6.07, 6.45) is 0. The zero-order chi connectivity index (χ0) is 14.5. The van der Waals surface area contributed by atoms with E-state index in [0.717, 1.165) is 14.8 Å². The summed E-state index contributed by atoms with van der Waals surface area (Å²) in [4.78, 5) is 1.10. The molecule has 4 N–H and O–H groups in total. The van der Waals surface area contributed by atoms with Crippen LogP contribution in [0.1, 0.15) is 16.0 Å². The molecule has 0 saturated carbocycles. The Labute approximate surface area is 124 Å². The second-order valence-electron chi connectivity index (χ2n) is 4.10.